The number of carbonyl (C=O) groups is 1. The molecular formula is C12H14ClNO3. The van der Waals surface area contributed by atoms with E-state index in [1.807, 2.05) is 0 Å². The number of carbonyl (C=O) groups excluding carboxylic acids is 1. The van der Waals surface area contributed by atoms with Crippen molar-refractivity contribution in [3.05, 3.63) is 23.5 Å². The maximum atomic E-state index is 11.8. The predicted molar refractivity (Wildman–Crippen MR) is 63.3 cm³/mol. The van der Waals surface area contributed by atoms with Gasteiger partial charge in [-0.05, 0) is 18.9 Å². The molecule has 2 rings (SSSR count). The summed E-state index contributed by atoms with van der Waals surface area (Å²) in [6.45, 7) is 1.42. The van der Waals surface area contributed by atoms with Crippen LogP contribution in [0.25, 0.3) is 0 Å². The first-order chi connectivity index (χ1) is 8.25. The summed E-state index contributed by atoms with van der Waals surface area (Å²) in [5, 5.41) is 0.362. The summed E-state index contributed by atoms with van der Waals surface area (Å²) in [7, 11) is 0. The van der Waals surface area contributed by atoms with Crippen molar-refractivity contribution in [1.29, 1.82) is 0 Å². The molecule has 0 bridgehead atoms. The molecule has 1 fully saturated rings. The molecule has 17 heavy (non-hydrogen) atoms. The summed E-state index contributed by atoms with van der Waals surface area (Å²) in [4.78, 5) is 15.7. The highest BCUT2D eigenvalue weighted by atomic mass is 35.5. The van der Waals surface area contributed by atoms with Gasteiger partial charge in [-0.2, -0.15) is 0 Å². The van der Waals surface area contributed by atoms with E-state index < -0.39 is 0 Å². The number of Topliss-reactive ketones (excluding diaryl/α,β-unsaturated/α-hetero) is 1. The zero-order chi connectivity index (χ0) is 12.1. The maximum Gasteiger partial charge on any atom is 0.173 e. The van der Waals surface area contributed by atoms with Crippen molar-refractivity contribution in [2.75, 3.05) is 19.8 Å². The van der Waals surface area contributed by atoms with E-state index in [-0.39, 0.29) is 18.3 Å². The van der Waals surface area contributed by atoms with Crippen LogP contribution in [-0.2, 0) is 9.53 Å². The van der Waals surface area contributed by atoms with Crippen molar-refractivity contribution in [2.24, 2.45) is 5.92 Å². The van der Waals surface area contributed by atoms with Gasteiger partial charge in [-0.1, -0.05) is 11.6 Å². The van der Waals surface area contributed by atoms with Gasteiger partial charge in [0.2, 0.25) is 0 Å². The molecule has 1 aliphatic heterocycles. The summed E-state index contributed by atoms with van der Waals surface area (Å²) >= 11 is 5.72. The lowest BCUT2D eigenvalue weighted by Gasteiger charge is -2.20. The molecule has 0 spiro atoms. The molecule has 0 aliphatic carbocycles. The summed E-state index contributed by atoms with van der Waals surface area (Å²) < 4.78 is 10.6. The fourth-order valence-electron chi connectivity index (χ4n) is 1.77. The number of ketones is 1. The largest absolute Gasteiger partial charge is 0.486 e. The average molecular weight is 256 g/mol. The van der Waals surface area contributed by atoms with Crippen molar-refractivity contribution in [1.82, 2.24) is 4.98 Å². The van der Waals surface area contributed by atoms with Gasteiger partial charge in [0.1, 0.15) is 17.5 Å². The van der Waals surface area contributed by atoms with Crippen molar-refractivity contribution < 1.29 is 14.3 Å². The quantitative estimate of drug-likeness (QED) is 0.773. The Morgan fingerprint density at radius 1 is 1.53 bits per heavy atom. The van der Waals surface area contributed by atoms with E-state index in [9.17, 15) is 4.79 Å². The molecule has 0 amide bonds. The van der Waals surface area contributed by atoms with Gasteiger partial charge in [0, 0.05) is 31.4 Å². The Morgan fingerprint density at radius 2 is 2.29 bits per heavy atom. The fraction of sp³-hybridized carbons (Fsp3) is 0.500. The first-order valence-corrected chi connectivity index (χ1v) is 5.98. The second-order valence-electron chi connectivity index (χ2n) is 3.96. The first kappa shape index (κ1) is 12.3. The molecule has 0 unspecified atom stereocenters. The normalized spacial score (nSPS) is 16.8. The van der Waals surface area contributed by atoms with Crippen LogP contribution in [-0.4, -0.2) is 30.6 Å². The van der Waals surface area contributed by atoms with E-state index in [0.717, 1.165) is 12.8 Å². The second kappa shape index (κ2) is 5.98. The average Bonchev–Trinajstić information content (AvgIpc) is 2.37. The Kier molecular flexibility index (Phi) is 4.34. The standard InChI is InChI=1S/C12H14ClNO3/c13-12-7-10(1-4-14-12)17-8-11(15)9-2-5-16-6-3-9/h1,4,7,9H,2-3,5-6,8H2. The highest BCUT2D eigenvalue weighted by Gasteiger charge is 2.21. The van der Waals surface area contributed by atoms with Crippen LogP contribution in [0.2, 0.25) is 5.15 Å². The second-order valence-corrected chi connectivity index (χ2v) is 4.34. The zero-order valence-corrected chi connectivity index (χ0v) is 10.2. The number of aromatic nitrogens is 1. The molecule has 92 valence electrons. The number of hydrogen-bond acceptors (Lipinski definition) is 4. The van der Waals surface area contributed by atoms with Gasteiger partial charge in [-0.15, -0.1) is 0 Å². The first-order valence-electron chi connectivity index (χ1n) is 5.60. The highest BCUT2D eigenvalue weighted by Crippen LogP contribution is 2.18. The van der Waals surface area contributed by atoms with Gasteiger partial charge >= 0.3 is 0 Å². The van der Waals surface area contributed by atoms with Crippen LogP contribution in [0.4, 0.5) is 0 Å². The molecule has 4 nitrogen and oxygen atoms in total. The van der Waals surface area contributed by atoms with Crippen LogP contribution in [0.3, 0.4) is 0 Å². The third-order valence-corrected chi connectivity index (χ3v) is 2.96. The molecule has 0 saturated carbocycles. The molecule has 1 aliphatic rings. The van der Waals surface area contributed by atoms with Crippen LogP contribution in [0.1, 0.15) is 12.8 Å². The predicted octanol–water partition coefficient (Wildman–Crippen LogP) is 2.11. The van der Waals surface area contributed by atoms with Crippen molar-refractivity contribution >= 4 is 17.4 Å². The highest BCUT2D eigenvalue weighted by molar-refractivity contribution is 6.29. The van der Waals surface area contributed by atoms with E-state index in [1.54, 1.807) is 18.3 Å². The lowest BCUT2D eigenvalue weighted by atomic mass is 9.96. The number of rotatable bonds is 4. The molecule has 0 radical (unpaired) electrons. The minimum Gasteiger partial charge on any atom is -0.486 e. The minimum atomic E-state index is 0.0704. The summed E-state index contributed by atoms with van der Waals surface area (Å²) in [6, 6.07) is 3.28. The van der Waals surface area contributed by atoms with Gasteiger partial charge in [0.25, 0.3) is 0 Å². The lowest BCUT2D eigenvalue weighted by molar-refractivity contribution is -0.127. The van der Waals surface area contributed by atoms with E-state index in [0.29, 0.717) is 24.1 Å². The van der Waals surface area contributed by atoms with Crippen LogP contribution in [0.5, 0.6) is 5.75 Å². The number of halogens is 1. The topological polar surface area (TPSA) is 48.4 Å². The van der Waals surface area contributed by atoms with Gasteiger partial charge in [-0.3, -0.25) is 4.79 Å². The minimum absolute atomic E-state index is 0.0704. The molecule has 2 heterocycles. The van der Waals surface area contributed by atoms with Crippen LogP contribution < -0.4 is 4.74 Å². The number of hydrogen-bond donors (Lipinski definition) is 0. The number of pyridine rings is 1. The van der Waals surface area contributed by atoms with Crippen molar-refractivity contribution in [2.45, 2.75) is 12.8 Å². The Morgan fingerprint density at radius 3 is 3.00 bits per heavy atom. The van der Waals surface area contributed by atoms with Gasteiger partial charge in [0.15, 0.2) is 5.78 Å². The third kappa shape index (κ3) is 3.68. The smallest absolute Gasteiger partial charge is 0.173 e. The number of ether oxygens (including phenoxy) is 2. The van der Waals surface area contributed by atoms with Gasteiger partial charge < -0.3 is 9.47 Å². The zero-order valence-electron chi connectivity index (χ0n) is 9.39. The van der Waals surface area contributed by atoms with Crippen LogP contribution in [0, 0.1) is 5.92 Å². The lowest BCUT2D eigenvalue weighted by Crippen LogP contribution is -2.27. The molecular weight excluding hydrogens is 242 g/mol. The summed E-state index contributed by atoms with van der Waals surface area (Å²) in [5.74, 6) is 0.771. The Balaban J connectivity index is 1.83. The monoisotopic (exact) mass is 255 g/mol. The van der Waals surface area contributed by atoms with Crippen LogP contribution in [0.15, 0.2) is 18.3 Å². The summed E-state index contributed by atoms with van der Waals surface area (Å²) in [6.07, 6.45) is 3.13. The molecule has 0 atom stereocenters. The molecule has 1 aromatic rings. The Hall–Kier alpha value is -1.13. The number of nitrogens with zero attached hydrogens (tertiary/aromatic N) is 1. The van der Waals surface area contributed by atoms with Crippen molar-refractivity contribution in [3.8, 4) is 5.75 Å². The molecule has 0 aromatic carbocycles. The Labute approximate surface area is 105 Å². The third-order valence-electron chi connectivity index (χ3n) is 2.76. The van der Waals surface area contributed by atoms with E-state index in [4.69, 9.17) is 21.1 Å². The maximum absolute atomic E-state index is 11.8. The SMILES string of the molecule is O=C(COc1ccnc(Cl)c1)C1CCOCC1. The van der Waals surface area contributed by atoms with E-state index >= 15 is 0 Å². The van der Waals surface area contributed by atoms with E-state index in [2.05, 4.69) is 4.98 Å². The molecule has 5 heteroatoms. The molecule has 0 N–H and O–H groups in total. The van der Waals surface area contributed by atoms with E-state index in [1.165, 1.54) is 0 Å². The van der Waals surface area contributed by atoms with Gasteiger partial charge in [-0.25, -0.2) is 4.98 Å². The fourth-order valence-corrected chi connectivity index (χ4v) is 1.93. The van der Waals surface area contributed by atoms with Crippen molar-refractivity contribution in [3.63, 3.8) is 0 Å². The molecule has 1 aromatic heterocycles. The van der Waals surface area contributed by atoms with Crippen LogP contribution >= 0.6 is 11.6 Å². The Bertz CT molecular complexity index is 391. The molecule has 1 saturated heterocycles. The summed E-state index contributed by atoms with van der Waals surface area (Å²) in [5.41, 5.74) is 0. The van der Waals surface area contributed by atoms with Gasteiger partial charge in [0.05, 0.1) is 0 Å².